The number of ether oxygens (including phenoxy) is 1. The highest BCUT2D eigenvalue weighted by Gasteiger charge is 2.36. The van der Waals surface area contributed by atoms with Crippen molar-refractivity contribution in [2.75, 3.05) is 6.54 Å². The Kier molecular flexibility index (Phi) is 5.07. The first kappa shape index (κ1) is 17.3. The van der Waals surface area contributed by atoms with Gasteiger partial charge in [0.1, 0.15) is 0 Å². The second-order valence-electron chi connectivity index (χ2n) is 5.70. The van der Waals surface area contributed by atoms with Crippen molar-refractivity contribution in [2.45, 2.75) is 12.8 Å². The molecule has 1 aromatic carbocycles. The molecule has 132 valence electrons. The molecular weight excluding hydrogens is 336 g/mol. The summed E-state index contributed by atoms with van der Waals surface area (Å²) in [5.74, 6) is -1.62. The quantitative estimate of drug-likeness (QED) is 0.803. The van der Waals surface area contributed by atoms with E-state index in [1.807, 2.05) is 30.3 Å². The van der Waals surface area contributed by atoms with Gasteiger partial charge in [-0.15, -0.1) is 0 Å². The summed E-state index contributed by atoms with van der Waals surface area (Å²) in [7, 11) is 0. The third-order valence-electron chi connectivity index (χ3n) is 3.83. The van der Waals surface area contributed by atoms with Crippen LogP contribution in [0.2, 0.25) is 0 Å². The fraction of sp³-hybridized carbons (Fsp3) is 0.158. The SMILES string of the molecule is O=C(O)CCCN1C(=O)OC(=Cc2cccc(-c3cccnc3)c2)C1=O. The average molecular weight is 352 g/mol. The van der Waals surface area contributed by atoms with Crippen LogP contribution in [0.4, 0.5) is 4.79 Å². The number of hydrogen-bond donors (Lipinski definition) is 1. The number of carbonyl (C=O) groups is 3. The van der Waals surface area contributed by atoms with Crippen LogP contribution in [0.1, 0.15) is 18.4 Å². The lowest BCUT2D eigenvalue weighted by atomic mass is 10.0. The molecule has 26 heavy (non-hydrogen) atoms. The number of carboxylic acid groups (broad SMARTS) is 1. The molecule has 0 unspecified atom stereocenters. The number of nitrogens with zero attached hydrogens (tertiary/aromatic N) is 2. The van der Waals surface area contributed by atoms with Gasteiger partial charge in [-0.3, -0.25) is 14.6 Å². The number of carbonyl (C=O) groups excluding carboxylic acids is 2. The first-order chi connectivity index (χ1) is 12.5. The van der Waals surface area contributed by atoms with Crippen molar-refractivity contribution >= 4 is 24.0 Å². The molecular formula is C19H16N2O5. The van der Waals surface area contributed by atoms with Crippen LogP contribution in [0.15, 0.2) is 54.6 Å². The number of benzene rings is 1. The van der Waals surface area contributed by atoms with Gasteiger partial charge >= 0.3 is 12.1 Å². The fourth-order valence-electron chi connectivity index (χ4n) is 2.57. The number of amides is 2. The summed E-state index contributed by atoms with van der Waals surface area (Å²) in [5, 5.41) is 8.65. The van der Waals surface area contributed by atoms with Gasteiger partial charge in [0.15, 0.2) is 5.76 Å². The molecule has 0 bridgehead atoms. The van der Waals surface area contributed by atoms with Crippen LogP contribution in [0, 0.1) is 0 Å². The zero-order valence-electron chi connectivity index (χ0n) is 13.8. The van der Waals surface area contributed by atoms with Gasteiger partial charge in [-0.2, -0.15) is 0 Å². The molecule has 0 saturated carbocycles. The number of cyclic esters (lactones) is 1. The minimum Gasteiger partial charge on any atom is -0.481 e. The Bertz CT molecular complexity index is 877. The fourth-order valence-corrected chi connectivity index (χ4v) is 2.57. The molecule has 7 nitrogen and oxygen atoms in total. The van der Waals surface area contributed by atoms with Gasteiger partial charge in [0.05, 0.1) is 0 Å². The average Bonchev–Trinajstić information content (AvgIpc) is 2.90. The van der Waals surface area contributed by atoms with Crippen LogP contribution in [0.3, 0.4) is 0 Å². The Morgan fingerprint density at radius 3 is 2.73 bits per heavy atom. The van der Waals surface area contributed by atoms with Crippen LogP contribution in [0.25, 0.3) is 17.2 Å². The molecule has 0 radical (unpaired) electrons. The van der Waals surface area contributed by atoms with E-state index < -0.39 is 18.0 Å². The zero-order valence-corrected chi connectivity index (χ0v) is 13.8. The van der Waals surface area contributed by atoms with Crippen molar-refractivity contribution < 1.29 is 24.2 Å². The normalized spacial score (nSPS) is 15.4. The monoisotopic (exact) mass is 352 g/mol. The zero-order chi connectivity index (χ0) is 18.5. The largest absolute Gasteiger partial charge is 0.481 e. The highest BCUT2D eigenvalue weighted by Crippen LogP contribution is 2.23. The van der Waals surface area contributed by atoms with E-state index in [-0.39, 0.29) is 25.1 Å². The minimum atomic E-state index is -0.979. The summed E-state index contributed by atoms with van der Waals surface area (Å²) < 4.78 is 5.03. The van der Waals surface area contributed by atoms with Gasteiger partial charge in [0.25, 0.3) is 5.91 Å². The smallest absolute Gasteiger partial charge is 0.422 e. The van der Waals surface area contributed by atoms with E-state index in [0.29, 0.717) is 5.56 Å². The Morgan fingerprint density at radius 1 is 1.19 bits per heavy atom. The lowest BCUT2D eigenvalue weighted by molar-refractivity contribution is -0.137. The summed E-state index contributed by atoms with van der Waals surface area (Å²) >= 11 is 0. The number of aliphatic carboxylic acids is 1. The predicted molar refractivity (Wildman–Crippen MR) is 92.7 cm³/mol. The highest BCUT2D eigenvalue weighted by molar-refractivity contribution is 6.09. The van der Waals surface area contributed by atoms with E-state index in [2.05, 4.69) is 4.98 Å². The lowest BCUT2D eigenvalue weighted by Gasteiger charge is -2.08. The van der Waals surface area contributed by atoms with Crippen LogP contribution in [-0.4, -0.2) is 39.5 Å². The molecule has 0 aliphatic carbocycles. The van der Waals surface area contributed by atoms with Gasteiger partial charge in [-0.05, 0) is 35.8 Å². The van der Waals surface area contributed by atoms with E-state index in [9.17, 15) is 14.4 Å². The molecule has 2 heterocycles. The molecule has 2 aromatic rings. The predicted octanol–water partition coefficient (Wildman–Crippen LogP) is 2.93. The Balaban J connectivity index is 1.77. The van der Waals surface area contributed by atoms with Gasteiger partial charge in [0.2, 0.25) is 0 Å². The van der Waals surface area contributed by atoms with E-state index in [4.69, 9.17) is 9.84 Å². The number of rotatable bonds is 6. The summed E-state index contributed by atoms with van der Waals surface area (Å²) in [6, 6.07) is 11.2. The number of pyridine rings is 1. The number of aromatic nitrogens is 1. The van der Waals surface area contributed by atoms with Crippen LogP contribution in [0.5, 0.6) is 0 Å². The van der Waals surface area contributed by atoms with Crippen molar-refractivity contribution in [1.82, 2.24) is 9.88 Å². The van der Waals surface area contributed by atoms with Crippen molar-refractivity contribution in [3.05, 3.63) is 60.1 Å². The van der Waals surface area contributed by atoms with Gasteiger partial charge in [-0.1, -0.05) is 24.3 Å². The molecule has 2 amide bonds. The maximum Gasteiger partial charge on any atom is 0.422 e. The molecule has 7 heteroatoms. The van der Waals surface area contributed by atoms with Crippen molar-refractivity contribution in [1.29, 1.82) is 0 Å². The summed E-state index contributed by atoms with van der Waals surface area (Å²) in [6.45, 7) is 0.0109. The van der Waals surface area contributed by atoms with Crippen molar-refractivity contribution in [2.24, 2.45) is 0 Å². The van der Waals surface area contributed by atoms with Gasteiger partial charge in [0, 0.05) is 30.9 Å². The number of carboxylic acids is 1. The van der Waals surface area contributed by atoms with E-state index >= 15 is 0 Å². The first-order valence-corrected chi connectivity index (χ1v) is 8.02. The number of imide groups is 1. The highest BCUT2D eigenvalue weighted by atomic mass is 16.6. The molecule has 0 spiro atoms. The van der Waals surface area contributed by atoms with E-state index in [0.717, 1.165) is 16.0 Å². The summed E-state index contributed by atoms with van der Waals surface area (Å²) in [5.41, 5.74) is 2.55. The Hall–Kier alpha value is -3.48. The molecule has 1 fully saturated rings. The number of hydrogen-bond acceptors (Lipinski definition) is 5. The maximum absolute atomic E-state index is 12.3. The Labute approximate surface area is 149 Å². The van der Waals surface area contributed by atoms with Crippen LogP contribution in [-0.2, 0) is 14.3 Å². The summed E-state index contributed by atoms with van der Waals surface area (Å²) in [6.07, 6.45) is 4.19. The second kappa shape index (κ2) is 7.60. The van der Waals surface area contributed by atoms with Gasteiger partial charge < -0.3 is 9.84 Å². The lowest BCUT2D eigenvalue weighted by Crippen LogP contribution is -2.30. The molecule has 0 atom stereocenters. The Morgan fingerprint density at radius 2 is 2.00 bits per heavy atom. The molecule has 1 aromatic heterocycles. The van der Waals surface area contributed by atoms with Crippen LogP contribution < -0.4 is 0 Å². The van der Waals surface area contributed by atoms with E-state index in [1.165, 1.54) is 6.08 Å². The van der Waals surface area contributed by atoms with Gasteiger partial charge in [-0.25, -0.2) is 9.69 Å². The van der Waals surface area contributed by atoms with Crippen LogP contribution >= 0.6 is 0 Å². The third-order valence-corrected chi connectivity index (χ3v) is 3.83. The molecule has 1 aliphatic heterocycles. The summed E-state index contributed by atoms with van der Waals surface area (Å²) in [4.78, 5) is 39.7. The standard InChI is InChI=1S/C19H16N2O5/c22-17(23)7-3-9-21-18(24)16(26-19(21)25)11-13-4-1-5-14(10-13)15-6-2-8-20-12-15/h1-2,4-6,8,10-12H,3,7,9H2,(H,22,23). The third kappa shape index (κ3) is 3.94. The molecule has 3 rings (SSSR count). The molecule has 1 N–H and O–H groups in total. The van der Waals surface area contributed by atoms with Crippen molar-refractivity contribution in [3.8, 4) is 11.1 Å². The maximum atomic E-state index is 12.3. The minimum absolute atomic E-state index is 0.0109. The second-order valence-corrected chi connectivity index (χ2v) is 5.70. The van der Waals surface area contributed by atoms with E-state index in [1.54, 1.807) is 18.5 Å². The molecule has 1 aliphatic rings. The molecule has 1 saturated heterocycles. The topological polar surface area (TPSA) is 96.8 Å². The van der Waals surface area contributed by atoms with Crippen molar-refractivity contribution in [3.63, 3.8) is 0 Å². The first-order valence-electron chi connectivity index (χ1n) is 8.02.